The van der Waals surface area contributed by atoms with Crippen LogP contribution in [0.4, 0.5) is 0 Å². The first-order valence-corrected chi connectivity index (χ1v) is 9.19. The van der Waals surface area contributed by atoms with E-state index in [2.05, 4.69) is 10.6 Å². The van der Waals surface area contributed by atoms with Crippen LogP contribution in [0, 0.1) is 0 Å². The molecule has 2 aromatic carbocycles. The predicted molar refractivity (Wildman–Crippen MR) is 100 cm³/mol. The fourth-order valence-corrected chi connectivity index (χ4v) is 3.59. The fraction of sp³-hybridized carbons (Fsp3) is 0.286. The van der Waals surface area contributed by atoms with Crippen molar-refractivity contribution in [2.45, 2.75) is 25.4 Å². The van der Waals surface area contributed by atoms with Crippen LogP contribution in [0.2, 0.25) is 0 Å². The highest BCUT2D eigenvalue weighted by atomic mass is 16.2. The van der Waals surface area contributed by atoms with Crippen LogP contribution in [-0.2, 0) is 6.54 Å². The van der Waals surface area contributed by atoms with Crippen molar-refractivity contribution < 1.29 is 14.4 Å². The highest BCUT2D eigenvalue weighted by Crippen LogP contribution is 2.25. The van der Waals surface area contributed by atoms with Gasteiger partial charge in [-0.2, -0.15) is 0 Å². The highest BCUT2D eigenvalue weighted by molar-refractivity contribution is 6.22. The first kappa shape index (κ1) is 17.4. The lowest BCUT2D eigenvalue weighted by atomic mass is 10.1. The molecular formula is C21H21N3O3. The van der Waals surface area contributed by atoms with E-state index in [4.69, 9.17) is 0 Å². The SMILES string of the molecule is O=C(NCC1CCCN1)c1ccc2c(c1)C(=O)N(Cc1ccccc1)C2=O. The molecule has 1 saturated heterocycles. The number of amides is 3. The number of imide groups is 1. The second-order valence-electron chi connectivity index (χ2n) is 6.95. The monoisotopic (exact) mass is 363 g/mol. The zero-order valence-corrected chi connectivity index (χ0v) is 14.9. The van der Waals surface area contributed by atoms with Gasteiger partial charge >= 0.3 is 0 Å². The number of benzene rings is 2. The van der Waals surface area contributed by atoms with Crippen LogP contribution in [0.1, 0.15) is 49.5 Å². The van der Waals surface area contributed by atoms with Gasteiger partial charge in [-0.3, -0.25) is 19.3 Å². The van der Waals surface area contributed by atoms with E-state index >= 15 is 0 Å². The summed E-state index contributed by atoms with van der Waals surface area (Å²) in [7, 11) is 0. The molecule has 2 aliphatic rings. The quantitative estimate of drug-likeness (QED) is 0.796. The van der Waals surface area contributed by atoms with Crippen LogP contribution in [0.3, 0.4) is 0 Å². The summed E-state index contributed by atoms with van der Waals surface area (Å²) in [6.07, 6.45) is 2.17. The molecule has 1 fully saturated rings. The Morgan fingerprint density at radius 3 is 2.59 bits per heavy atom. The van der Waals surface area contributed by atoms with E-state index < -0.39 is 0 Å². The summed E-state index contributed by atoms with van der Waals surface area (Å²) < 4.78 is 0. The Labute approximate surface area is 157 Å². The molecule has 0 aromatic heterocycles. The smallest absolute Gasteiger partial charge is 0.261 e. The van der Waals surface area contributed by atoms with Crippen molar-refractivity contribution in [3.63, 3.8) is 0 Å². The average Bonchev–Trinajstić information content (AvgIpc) is 3.30. The van der Waals surface area contributed by atoms with Crippen molar-refractivity contribution in [3.05, 3.63) is 70.8 Å². The molecule has 6 nitrogen and oxygen atoms in total. The van der Waals surface area contributed by atoms with Crippen molar-refractivity contribution in [3.8, 4) is 0 Å². The number of rotatable bonds is 5. The van der Waals surface area contributed by atoms with Gasteiger partial charge in [0.05, 0.1) is 17.7 Å². The largest absolute Gasteiger partial charge is 0.350 e. The van der Waals surface area contributed by atoms with Crippen LogP contribution in [0.15, 0.2) is 48.5 Å². The van der Waals surface area contributed by atoms with Crippen LogP contribution in [0.5, 0.6) is 0 Å². The Hall–Kier alpha value is -2.99. The average molecular weight is 363 g/mol. The molecule has 0 spiro atoms. The Bertz CT molecular complexity index is 889. The third-order valence-electron chi connectivity index (χ3n) is 5.09. The molecule has 138 valence electrons. The lowest BCUT2D eigenvalue weighted by molar-refractivity contribution is 0.0642. The van der Waals surface area contributed by atoms with Crippen LogP contribution < -0.4 is 10.6 Å². The summed E-state index contributed by atoms with van der Waals surface area (Å²) in [5.74, 6) is -0.903. The lowest BCUT2D eigenvalue weighted by Gasteiger charge is -2.13. The maximum Gasteiger partial charge on any atom is 0.261 e. The minimum atomic E-state index is -0.356. The minimum Gasteiger partial charge on any atom is -0.350 e. The van der Waals surface area contributed by atoms with Crippen LogP contribution in [0.25, 0.3) is 0 Å². The molecule has 1 unspecified atom stereocenters. The van der Waals surface area contributed by atoms with Gasteiger partial charge in [0.25, 0.3) is 17.7 Å². The lowest BCUT2D eigenvalue weighted by Crippen LogP contribution is -2.37. The third kappa shape index (κ3) is 3.48. The van der Waals surface area contributed by atoms with Gasteiger partial charge in [0.2, 0.25) is 0 Å². The second kappa shape index (κ2) is 7.32. The standard InChI is InChI=1S/C21H21N3O3/c25-19(23-12-16-7-4-10-22-16)15-8-9-17-18(11-15)21(27)24(20(17)26)13-14-5-2-1-3-6-14/h1-3,5-6,8-9,11,16,22H,4,7,10,12-13H2,(H,23,25). The second-order valence-corrected chi connectivity index (χ2v) is 6.95. The molecule has 0 saturated carbocycles. The molecule has 6 heteroatoms. The fourth-order valence-electron chi connectivity index (χ4n) is 3.59. The number of hydrogen-bond acceptors (Lipinski definition) is 4. The minimum absolute atomic E-state index is 0.224. The Morgan fingerprint density at radius 1 is 1.07 bits per heavy atom. The molecular weight excluding hydrogens is 342 g/mol. The summed E-state index contributed by atoms with van der Waals surface area (Å²) >= 11 is 0. The van der Waals surface area contributed by atoms with Gasteiger partial charge in [0.1, 0.15) is 0 Å². The van der Waals surface area contributed by atoms with E-state index in [9.17, 15) is 14.4 Å². The van der Waals surface area contributed by atoms with Gasteiger partial charge in [-0.1, -0.05) is 30.3 Å². The van der Waals surface area contributed by atoms with E-state index in [0.717, 1.165) is 24.9 Å². The zero-order valence-electron chi connectivity index (χ0n) is 14.9. The summed E-state index contributed by atoms with van der Waals surface area (Å²) in [5, 5.41) is 6.22. The van der Waals surface area contributed by atoms with Crippen molar-refractivity contribution in [2.24, 2.45) is 0 Å². The molecule has 2 aromatic rings. The predicted octanol–water partition coefficient (Wildman–Crippen LogP) is 1.96. The molecule has 2 heterocycles. The van der Waals surface area contributed by atoms with E-state index in [1.54, 1.807) is 12.1 Å². The molecule has 2 N–H and O–H groups in total. The maximum atomic E-state index is 12.7. The van der Waals surface area contributed by atoms with Crippen molar-refractivity contribution in [2.75, 3.05) is 13.1 Å². The zero-order chi connectivity index (χ0) is 18.8. The van der Waals surface area contributed by atoms with E-state index in [1.165, 1.54) is 11.0 Å². The Kier molecular flexibility index (Phi) is 4.73. The van der Waals surface area contributed by atoms with Gasteiger partial charge in [0.15, 0.2) is 0 Å². The van der Waals surface area contributed by atoms with Gasteiger partial charge in [-0.15, -0.1) is 0 Å². The Balaban J connectivity index is 1.49. The third-order valence-corrected chi connectivity index (χ3v) is 5.09. The van der Waals surface area contributed by atoms with Crippen LogP contribution >= 0.6 is 0 Å². The first-order valence-electron chi connectivity index (χ1n) is 9.19. The van der Waals surface area contributed by atoms with Gasteiger partial charge in [-0.05, 0) is 43.1 Å². The van der Waals surface area contributed by atoms with Gasteiger partial charge < -0.3 is 10.6 Å². The number of nitrogens with one attached hydrogen (secondary N) is 2. The summed E-state index contributed by atoms with van der Waals surface area (Å²) in [6.45, 7) is 1.76. The number of nitrogens with zero attached hydrogens (tertiary/aromatic N) is 1. The topological polar surface area (TPSA) is 78.5 Å². The molecule has 3 amide bonds. The van der Waals surface area contributed by atoms with E-state index in [1.807, 2.05) is 30.3 Å². The van der Waals surface area contributed by atoms with Gasteiger partial charge in [-0.25, -0.2) is 0 Å². The summed E-state index contributed by atoms with van der Waals surface area (Å²) in [4.78, 5) is 38.9. The maximum absolute atomic E-state index is 12.7. The first-order chi connectivity index (χ1) is 13.1. The number of carbonyl (C=O) groups excluding carboxylic acids is 3. The normalized spacial score (nSPS) is 18.7. The molecule has 1 atom stereocenters. The van der Waals surface area contributed by atoms with Gasteiger partial charge in [0, 0.05) is 18.2 Å². The van der Waals surface area contributed by atoms with Crippen LogP contribution in [-0.4, -0.2) is 41.8 Å². The highest BCUT2D eigenvalue weighted by Gasteiger charge is 2.36. The molecule has 2 aliphatic heterocycles. The van der Waals surface area contributed by atoms with E-state index in [0.29, 0.717) is 29.3 Å². The summed E-state index contributed by atoms with van der Waals surface area (Å²) in [6, 6.07) is 14.4. The number of fused-ring (bicyclic) bond motifs is 1. The molecule has 27 heavy (non-hydrogen) atoms. The molecule has 0 bridgehead atoms. The summed E-state index contributed by atoms with van der Waals surface area (Å²) in [5.41, 5.74) is 1.93. The molecule has 0 radical (unpaired) electrons. The number of hydrogen-bond donors (Lipinski definition) is 2. The van der Waals surface area contributed by atoms with Crippen molar-refractivity contribution in [1.82, 2.24) is 15.5 Å². The molecule has 0 aliphatic carbocycles. The number of carbonyl (C=O) groups is 3. The van der Waals surface area contributed by atoms with E-state index in [-0.39, 0.29) is 24.3 Å². The molecule has 4 rings (SSSR count). The Morgan fingerprint density at radius 2 is 1.85 bits per heavy atom. The van der Waals surface area contributed by atoms with Crippen molar-refractivity contribution in [1.29, 1.82) is 0 Å². The van der Waals surface area contributed by atoms with Crippen molar-refractivity contribution >= 4 is 17.7 Å².